The Hall–Kier alpha value is -5.08. The lowest BCUT2D eigenvalue weighted by Crippen LogP contribution is -2.25. The van der Waals surface area contributed by atoms with Crippen molar-refractivity contribution < 1.29 is 0 Å². The molecule has 39 heavy (non-hydrogen) atoms. The summed E-state index contributed by atoms with van der Waals surface area (Å²) in [6.07, 6.45) is 5.48. The van der Waals surface area contributed by atoms with Crippen LogP contribution in [0.15, 0.2) is 140 Å². The van der Waals surface area contributed by atoms with E-state index < -0.39 is 0 Å². The van der Waals surface area contributed by atoms with Gasteiger partial charge in [-0.25, -0.2) is 0 Å². The standard InChI is InChI=1S/C37H26N2/c1-4-12-26(13-5-1)28-22-23-33-34(24-28)39(31-19-8-3-9-20-31)37-32-21-11-15-27-14-10-16-29(36(27)32)25-35(37)38(33)30-17-6-2-7-18-30/h1-20,22-25H,21H2. The highest BCUT2D eigenvalue weighted by molar-refractivity contribution is 6.11. The molecular weight excluding hydrogens is 472 g/mol. The molecule has 0 bridgehead atoms. The first-order chi connectivity index (χ1) is 19.4. The Morgan fingerprint density at radius 1 is 0.487 bits per heavy atom. The zero-order valence-corrected chi connectivity index (χ0v) is 21.5. The number of fused-ring (bicyclic) bond motifs is 3. The molecule has 0 unspecified atom stereocenters. The van der Waals surface area contributed by atoms with Gasteiger partial charge in [-0.1, -0.05) is 103 Å². The average molecular weight is 499 g/mol. The molecule has 0 saturated carbocycles. The van der Waals surface area contributed by atoms with Gasteiger partial charge in [-0.05, 0) is 81.9 Å². The summed E-state index contributed by atoms with van der Waals surface area (Å²) in [7, 11) is 0. The molecule has 1 heterocycles. The van der Waals surface area contributed by atoms with Gasteiger partial charge in [-0.3, -0.25) is 0 Å². The van der Waals surface area contributed by atoms with Gasteiger partial charge >= 0.3 is 0 Å². The molecule has 6 aromatic carbocycles. The molecule has 0 fully saturated rings. The van der Waals surface area contributed by atoms with E-state index in [1.54, 1.807) is 0 Å². The molecule has 2 aliphatic rings. The molecule has 0 radical (unpaired) electrons. The van der Waals surface area contributed by atoms with Crippen molar-refractivity contribution in [1.29, 1.82) is 0 Å². The first kappa shape index (κ1) is 22.0. The zero-order valence-electron chi connectivity index (χ0n) is 21.5. The van der Waals surface area contributed by atoms with Crippen LogP contribution < -0.4 is 9.80 Å². The Morgan fingerprint density at radius 3 is 1.92 bits per heavy atom. The fourth-order valence-corrected chi connectivity index (χ4v) is 6.26. The maximum Gasteiger partial charge on any atom is 0.0745 e. The van der Waals surface area contributed by atoms with Crippen molar-refractivity contribution >= 4 is 51.0 Å². The van der Waals surface area contributed by atoms with Crippen LogP contribution in [0.3, 0.4) is 0 Å². The number of anilines is 6. The van der Waals surface area contributed by atoms with Crippen LogP contribution in [0, 0.1) is 0 Å². The van der Waals surface area contributed by atoms with Gasteiger partial charge in [0.1, 0.15) is 0 Å². The second-order valence-electron chi connectivity index (χ2n) is 10.2. The molecule has 1 aliphatic carbocycles. The molecule has 184 valence electrons. The Morgan fingerprint density at radius 2 is 1.18 bits per heavy atom. The quantitative estimate of drug-likeness (QED) is 0.239. The lowest BCUT2D eigenvalue weighted by atomic mass is 9.88. The molecule has 0 amide bonds. The summed E-state index contributed by atoms with van der Waals surface area (Å²) < 4.78 is 0. The van der Waals surface area contributed by atoms with Crippen molar-refractivity contribution in [3.8, 4) is 11.1 Å². The third kappa shape index (κ3) is 3.42. The number of hydrogen-bond donors (Lipinski definition) is 0. The average Bonchev–Trinajstić information content (AvgIpc) is 3.01. The van der Waals surface area contributed by atoms with Gasteiger partial charge in [-0.15, -0.1) is 0 Å². The topological polar surface area (TPSA) is 6.48 Å². The van der Waals surface area contributed by atoms with Gasteiger partial charge in [0.2, 0.25) is 0 Å². The van der Waals surface area contributed by atoms with Crippen molar-refractivity contribution in [2.75, 3.05) is 9.80 Å². The van der Waals surface area contributed by atoms with Crippen LogP contribution in [0.2, 0.25) is 0 Å². The molecular formula is C37H26N2. The van der Waals surface area contributed by atoms with E-state index in [9.17, 15) is 0 Å². The molecule has 8 rings (SSSR count). The van der Waals surface area contributed by atoms with Gasteiger partial charge in [0, 0.05) is 11.4 Å². The molecule has 2 heteroatoms. The van der Waals surface area contributed by atoms with Gasteiger partial charge < -0.3 is 9.80 Å². The highest BCUT2D eigenvalue weighted by Gasteiger charge is 2.34. The van der Waals surface area contributed by atoms with Crippen LogP contribution in [0.4, 0.5) is 34.1 Å². The van der Waals surface area contributed by atoms with E-state index in [4.69, 9.17) is 0 Å². The minimum atomic E-state index is 0.899. The second kappa shape index (κ2) is 8.75. The molecule has 0 spiro atoms. The Kier molecular flexibility index (Phi) is 4.92. The van der Waals surface area contributed by atoms with Crippen molar-refractivity contribution in [3.05, 3.63) is 151 Å². The van der Waals surface area contributed by atoms with E-state index in [1.807, 2.05) is 0 Å². The molecule has 0 N–H and O–H groups in total. The summed E-state index contributed by atoms with van der Waals surface area (Å²) in [5, 5.41) is 2.64. The minimum Gasteiger partial charge on any atom is -0.306 e. The highest BCUT2D eigenvalue weighted by atomic mass is 15.3. The molecule has 2 nitrogen and oxygen atoms in total. The van der Waals surface area contributed by atoms with E-state index in [2.05, 4.69) is 155 Å². The number of nitrogens with zero attached hydrogens (tertiary/aromatic N) is 2. The number of allylic oxidation sites excluding steroid dienone is 1. The van der Waals surface area contributed by atoms with Gasteiger partial charge in [0.25, 0.3) is 0 Å². The minimum absolute atomic E-state index is 0.899. The predicted molar refractivity (Wildman–Crippen MR) is 165 cm³/mol. The predicted octanol–water partition coefficient (Wildman–Crippen LogP) is 10.3. The van der Waals surface area contributed by atoms with Crippen LogP contribution >= 0.6 is 0 Å². The van der Waals surface area contributed by atoms with E-state index >= 15 is 0 Å². The SMILES string of the molecule is C1=Cc2cccc3cc4c(c(c23)C1)N(c1ccccc1)c1cc(-c2ccccc2)ccc1N4c1ccccc1. The van der Waals surface area contributed by atoms with Crippen molar-refractivity contribution in [2.24, 2.45) is 0 Å². The molecule has 0 atom stereocenters. The van der Waals surface area contributed by atoms with E-state index in [0.29, 0.717) is 0 Å². The molecule has 0 aromatic heterocycles. The number of hydrogen-bond acceptors (Lipinski definition) is 2. The summed E-state index contributed by atoms with van der Waals surface area (Å²) in [5.41, 5.74) is 12.2. The summed E-state index contributed by atoms with van der Waals surface area (Å²) in [4.78, 5) is 4.93. The van der Waals surface area contributed by atoms with E-state index in [1.165, 1.54) is 61.5 Å². The smallest absolute Gasteiger partial charge is 0.0745 e. The maximum absolute atomic E-state index is 2.49. The summed E-state index contributed by atoms with van der Waals surface area (Å²) in [6, 6.07) is 48.2. The summed E-state index contributed by atoms with van der Waals surface area (Å²) in [5.74, 6) is 0. The number of para-hydroxylation sites is 2. The Labute approximate surface area is 228 Å². The van der Waals surface area contributed by atoms with Crippen LogP contribution in [0.5, 0.6) is 0 Å². The number of rotatable bonds is 3. The second-order valence-corrected chi connectivity index (χ2v) is 10.2. The van der Waals surface area contributed by atoms with Gasteiger partial charge in [0.15, 0.2) is 0 Å². The van der Waals surface area contributed by atoms with Crippen molar-refractivity contribution in [2.45, 2.75) is 6.42 Å². The Bertz CT molecular complexity index is 1870. The fourth-order valence-electron chi connectivity index (χ4n) is 6.26. The van der Waals surface area contributed by atoms with Crippen LogP contribution in [-0.4, -0.2) is 0 Å². The third-order valence-electron chi connectivity index (χ3n) is 7.93. The van der Waals surface area contributed by atoms with Crippen LogP contribution in [0.25, 0.3) is 28.0 Å². The summed E-state index contributed by atoms with van der Waals surface area (Å²) in [6.45, 7) is 0. The lowest BCUT2D eigenvalue weighted by Gasteiger charge is -2.42. The normalized spacial score (nSPS) is 13.3. The van der Waals surface area contributed by atoms with Crippen molar-refractivity contribution in [1.82, 2.24) is 0 Å². The number of benzene rings is 6. The highest BCUT2D eigenvalue weighted by Crippen LogP contribution is 2.58. The third-order valence-corrected chi connectivity index (χ3v) is 7.93. The maximum atomic E-state index is 2.49. The van der Waals surface area contributed by atoms with E-state index in [0.717, 1.165) is 12.1 Å². The lowest BCUT2D eigenvalue weighted by molar-refractivity contribution is 1.14. The monoisotopic (exact) mass is 498 g/mol. The molecule has 1 aliphatic heterocycles. The largest absolute Gasteiger partial charge is 0.306 e. The zero-order chi connectivity index (χ0) is 25.8. The van der Waals surface area contributed by atoms with Crippen LogP contribution in [-0.2, 0) is 6.42 Å². The van der Waals surface area contributed by atoms with Crippen molar-refractivity contribution in [3.63, 3.8) is 0 Å². The first-order valence-electron chi connectivity index (χ1n) is 13.5. The summed E-state index contributed by atoms with van der Waals surface area (Å²) >= 11 is 0. The first-order valence-corrected chi connectivity index (χ1v) is 13.5. The fraction of sp³-hybridized carbons (Fsp3) is 0.0270. The molecule has 6 aromatic rings. The Balaban J connectivity index is 1.50. The van der Waals surface area contributed by atoms with Gasteiger partial charge in [0.05, 0.1) is 22.7 Å². The van der Waals surface area contributed by atoms with Crippen LogP contribution in [0.1, 0.15) is 11.1 Å². The van der Waals surface area contributed by atoms with E-state index in [-0.39, 0.29) is 0 Å². The molecule has 0 saturated heterocycles. The van der Waals surface area contributed by atoms with Gasteiger partial charge in [-0.2, -0.15) is 0 Å².